The van der Waals surface area contributed by atoms with Gasteiger partial charge in [0.15, 0.2) is 0 Å². The Balaban J connectivity index is 2.12. The molecule has 0 amide bonds. The van der Waals surface area contributed by atoms with Gasteiger partial charge in [-0.3, -0.25) is 4.98 Å². The summed E-state index contributed by atoms with van der Waals surface area (Å²) in [5, 5.41) is 3.48. The van der Waals surface area contributed by atoms with Crippen molar-refractivity contribution in [1.29, 1.82) is 0 Å². The zero-order valence-electron chi connectivity index (χ0n) is 12.4. The Kier molecular flexibility index (Phi) is 5.13. The van der Waals surface area contributed by atoms with Gasteiger partial charge in [0.1, 0.15) is 11.5 Å². The quantitative estimate of drug-likeness (QED) is 0.852. The van der Waals surface area contributed by atoms with Crippen molar-refractivity contribution in [3.63, 3.8) is 0 Å². The Morgan fingerprint density at radius 2 is 2.10 bits per heavy atom. The second-order valence-electron chi connectivity index (χ2n) is 4.94. The van der Waals surface area contributed by atoms with Gasteiger partial charge < -0.3 is 10.1 Å². The van der Waals surface area contributed by atoms with Gasteiger partial charge in [0.25, 0.3) is 0 Å². The zero-order valence-corrected chi connectivity index (χ0v) is 12.4. The molecule has 0 spiro atoms. The first-order valence-electron chi connectivity index (χ1n) is 7.13. The maximum atomic E-state index is 5.91. The van der Waals surface area contributed by atoms with E-state index in [9.17, 15) is 0 Å². The van der Waals surface area contributed by atoms with Gasteiger partial charge in [0.2, 0.25) is 0 Å². The van der Waals surface area contributed by atoms with Crippen LogP contribution in [-0.2, 0) is 0 Å². The molecule has 1 N–H and O–H groups in total. The zero-order chi connectivity index (χ0) is 14.4. The number of benzene rings is 1. The molecule has 0 saturated heterocycles. The van der Waals surface area contributed by atoms with E-state index in [4.69, 9.17) is 4.74 Å². The summed E-state index contributed by atoms with van der Waals surface area (Å²) in [5.74, 6) is 1.66. The average Bonchev–Trinajstić information content (AvgIpc) is 2.47. The standard InChI is InChI=1S/C17H22N2O/c1-4-10-18-13(2)15-7-5-8-16(12-15)20-17-9-6-11-19-14(17)3/h5-9,11-13,18H,4,10H2,1-3H3. The van der Waals surface area contributed by atoms with E-state index in [1.54, 1.807) is 6.20 Å². The predicted octanol–water partition coefficient (Wildman–Crippen LogP) is 4.24. The Labute approximate surface area is 121 Å². The number of hydrogen-bond donors (Lipinski definition) is 1. The Hall–Kier alpha value is -1.87. The fraction of sp³-hybridized carbons (Fsp3) is 0.353. The predicted molar refractivity (Wildman–Crippen MR) is 82.2 cm³/mol. The summed E-state index contributed by atoms with van der Waals surface area (Å²) in [6, 6.07) is 12.4. The molecule has 3 nitrogen and oxygen atoms in total. The van der Waals surface area contributed by atoms with Crippen molar-refractivity contribution in [1.82, 2.24) is 10.3 Å². The number of ether oxygens (including phenoxy) is 1. The van der Waals surface area contributed by atoms with E-state index in [1.165, 1.54) is 5.56 Å². The van der Waals surface area contributed by atoms with Crippen LogP contribution in [0.15, 0.2) is 42.6 Å². The maximum Gasteiger partial charge on any atom is 0.148 e. The normalized spacial score (nSPS) is 12.2. The highest BCUT2D eigenvalue weighted by Crippen LogP contribution is 2.25. The molecular formula is C17H22N2O. The van der Waals surface area contributed by atoms with Crippen LogP contribution in [0.2, 0.25) is 0 Å². The Morgan fingerprint density at radius 1 is 1.25 bits per heavy atom. The fourth-order valence-electron chi connectivity index (χ4n) is 2.03. The molecule has 1 aromatic carbocycles. The molecule has 0 radical (unpaired) electrons. The van der Waals surface area contributed by atoms with Gasteiger partial charge >= 0.3 is 0 Å². The van der Waals surface area contributed by atoms with Crippen molar-refractivity contribution in [2.24, 2.45) is 0 Å². The van der Waals surface area contributed by atoms with E-state index < -0.39 is 0 Å². The number of hydrogen-bond acceptors (Lipinski definition) is 3. The highest BCUT2D eigenvalue weighted by molar-refractivity contribution is 5.36. The number of aromatic nitrogens is 1. The van der Waals surface area contributed by atoms with E-state index in [-0.39, 0.29) is 0 Å². The number of pyridine rings is 1. The molecule has 1 unspecified atom stereocenters. The van der Waals surface area contributed by atoms with Gasteiger partial charge in [-0.15, -0.1) is 0 Å². The van der Waals surface area contributed by atoms with Crippen molar-refractivity contribution >= 4 is 0 Å². The van der Waals surface area contributed by atoms with Crippen LogP contribution in [-0.4, -0.2) is 11.5 Å². The minimum absolute atomic E-state index is 0.327. The summed E-state index contributed by atoms with van der Waals surface area (Å²) in [4.78, 5) is 4.24. The Morgan fingerprint density at radius 3 is 2.85 bits per heavy atom. The van der Waals surface area contributed by atoms with Crippen molar-refractivity contribution in [3.05, 3.63) is 53.9 Å². The van der Waals surface area contributed by atoms with Crippen LogP contribution in [0.1, 0.15) is 37.6 Å². The lowest BCUT2D eigenvalue weighted by molar-refractivity contribution is 0.473. The largest absolute Gasteiger partial charge is 0.455 e. The molecule has 1 heterocycles. The molecule has 0 aliphatic heterocycles. The molecule has 3 heteroatoms. The van der Waals surface area contributed by atoms with Gasteiger partial charge in [-0.25, -0.2) is 0 Å². The average molecular weight is 270 g/mol. The van der Waals surface area contributed by atoms with Gasteiger partial charge in [-0.1, -0.05) is 19.1 Å². The SMILES string of the molecule is CCCNC(C)c1cccc(Oc2cccnc2C)c1. The third-order valence-electron chi connectivity index (χ3n) is 3.24. The molecule has 2 aromatic rings. The number of aryl methyl sites for hydroxylation is 1. The van der Waals surface area contributed by atoms with E-state index in [2.05, 4.69) is 36.3 Å². The third kappa shape index (κ3) is 3.81. The minimum Gasteiger partial charge on any atom is -0.455 e. The highest BCUT2D eigenvalue weighted by Gasteiger charge is 2.07. The fourth-order valence-corrected chi connectivity index (χ4v) is 2.03. The molecule has 0 aliphatic carbocycles. The van der Waals surface area contributed by atoms with Crippen molar-refractivity contribution in [3.8, 4) is 11.5 Å². The van der Waals surface area contributed by atoms with E-state index in [1.807, 2.05) is 31.2 Å². The lowest BCUT2D eigenvalue weighted by Gasteiger charge is -2.15. The molecule has 1 atom stereocenters. The topological polar surface area (TPSA) is 34.1 Å². The first kappa shape index (κ1) is 14.5. The lowest BCUT2D eigenvalue weighted by Crippen LogP contribution is -2.19. The van der Waals surface area contributed by atoms with Gasteiger partial charge in [-0.05, 0) is 56.6 Å². The summed E-state index contributed by atoms with van der Waals surface area (Å²) < 4.78 is 5.91. The maximum absolute atomic E-state index is 5.91. The van der Waals surface area contributed by atoms with Crippen LogP contribution >= 0.6 is 0 Å². The summed E-state index contributed by atoms with van der Waals surface area (Å²) >= 11 is 0. The molecule has 0 bridgehead atoms. The van der Waals surface area contributed by atoms with Crippen LogP contribution < -0.4 is 10.1 Å². The number of nitrogens with one attached hydrogen (secondary N) is 1. The summed E-state index contributed by atoms with van der Waals surface area (Å²) in [6.07, 6.45) is 2.91. The molecular weight excluding hydrogens is 248 g/mol. The lowest BCUT2D eigenvalue weighted by atomic mass is 10.1. The minimum atomic E-state index is 0.327. The van der Waals surface area contributed by atoms with Crippen LogP contribution in [0.3, 0.4) is 0 Å². The summed E-state index contributed by atoms with van der Waals surface area (Å²) in [6.45, 7) is 7.31. The van der Waals surface area contributed by atoms with E-state index in [0.29, 0.717) is 6.04 Å². The molecule has 0 fully saturated rings. The van der Waals surface area contributed by atoms with Gasteiger partial charge in [0.05, 0.1) is 5.69 Å². The van der Waals surface area contributed by atoms with E-state index in [0.717, 1.165) is 30.2 Å². The molecule has 0 aliphatic rings. The first-order chi connectivity index (χ1) is 9.70. The second kappa shape index (κ2) is 7.06. The molecule has 1 aromatic heterocycles. The second-order valence-corrected chi connectivity index (χ2v) is 4.94. The smallest absolute Gasteiger partial charge is 0.148 e. The van der Waals surface area contributed by atoms with Crippen molar-refractivity contribution in [2.45, 2.75) is 33.2 Å². The first-order valence-corrected chi connectivity index (χ1v) is 7.13. The van der Waals surface area contributed by atoms with Crippen LogP contribution in [0.4, 0.5) is 0 Å². The van der Waals surface area contributed by atoms with Crippen LogP contribution in [0.25, 0.3) is 0 Å². The van der Waals surface area contributed by atoms with Crippen LogP contribution in [0.5, 0.6) is 11.5 Å². The summed E-state index contributed by atoms with van der Waals surface area (Å²) in [5.41, 5.74) is 2.13. The number of rotatable bonds is 6. The van der Waals surface area contributed by atoms with Crippen molar-refractivity contribution < 1.29 is 4.74 Å². The molecule has 20 heavy (non-hydrogen) atoms. The molecule has 2 rings (SSSR count). The Bertz CT molecular complexity index is 554. The molecule has 0 saturated carbocycles. The molecule has 106 valence electrons. The third-order valence-corrected chi connectivity index (χ3v) is 3.24. The van der Waals surface area contributed by atoms with Crippen LogP contribution in [0, 0.1) is 6.92 Å². The van der Waals surface area contributed by atoms with E-state index >= 15 is 0 Å². The summed E-state index contributed by atoms with van der Waals surface area (Å²) in [7, 11) is 0. The monoisotopic (exact) mass is 270 g/mol. The number of nitrogens with zero attached hydrogens (tertiary/aromatic N) is 1. The van der Waals surface area contributed by atoms with Gasteiger partial charge in [0, 0.05) is 12.2 Å². The highest BCUT2D eigenvalue weighted by atomic mass is 16.5. The van der Waals surface area contributed by atoms with Crippen molar-refractivity contribution in [2.75, 3.05) is 6.54 Å². The van der Waals surface area contributed by atoms with Gasteiger partial charge in [-0.2, -0.15) is 0 Å².